The summed E-state index contributed by atoms with van der Waals surface area (Å²) in [6, 6.07) is 11.7. The summed E-state index contributed by atoms with van der Waals surface area (Å²) in [6.07, 6.45) is 6.32. The second-order valence-corrected chi connectivity index (χ2v) is 11.2. The molecule has 11 heteroatoms. The van der Waals surface area contributed by atoms with Gasteiger partial charge in [0.05, 0.1) is 24.8 Å². The zero-order valence-corrected chi connectivity index (χ0v) is 25.5. The van der Waals surface area contributed by atoms with Crippen LogP contribution in [0.3, 0.4) is 0 Å². The van der Waals surface area contributed by atoms with Crippen molar-refractivity contribution in [3.05, 3.63) is 42.7 Å². The molecule has 2 aliphatic rings. The molecule has 0 bridgehead atoms. The van der Waals surface area contributed by atoms with Gasteiger partial charge in [0.2, 0.25) is 0 Å². The third-order valence-electron chi connectivity index (χ3n) is 7.70. The molecule has 0 spiro atoms. The predicted octanol–water partition coefficient (Wildman–Crippen LogP) is 4.71. The van der Waals surface area contributed by atoms with E-state index in [1.165, 1.54) is 19.3 Å². The van der Waals surface area contributed by atoms with Crippen molar-refractivity contribution in [3.8, 4) is 17.2 Å². The van der Waals surface area contributed by atoms with Gasteiger partial charge in [-0.1, -0.05) is 6.42 Å². The molecule has 11 nitrogen and oxygen atoms in total. The number of anilines is 2. The van der Waals surface area contributed by atoms with E-state index in [9.17, 15) is 4.79 Å². The molecule has 2 fully saturated rings. The van der Waals surface area contributed by atoms with Gasteiger partial charge in [0.1, 0.15) is 24.5 Å². The Kier molecular flexibility index (Phi) is 10.7. The highest BCUT2D eigenvalue weighted by Gasteiger charge is 2.24. The first-order valence-corrected chi connectivity index (χ1v) is 15.3. The van der Waals surface area contributed by atoms with Crippen molar-refractivity contribution < 1.29 is 23.7 Å². The highest BCUT2D eigenvalue weighted by atomic mass is 16.5. The van der Waals surface area contributed by atoms with Crippen LogP contribution in [0.2, 0.25) is 0 Å². The lowest BCUT2D eigenvalue weighted by molar-refractivity contribution is 0.143. The van der Waals surface area contributed by atoms with E-state index in [4.69, 9.17) is 18.9 Å². The van der Waals surface area contributed by atoms with E-state index in [-0.39, 0.29) is 12.1 Å². The summed E-state index contributed by atoms with van der Waals surface area (Å²) in [5.74, 6) is 2.93. The van der Waals surface area contributed by atoms with Crippen LogP contribution >= 0.6 is 0 Å². The first-order valence-electron chi connectivity index (χ1n) is 15.3. The topological polar surface area (TPSA) is 110 Å². The third kappa shape index (κ3) is 8.39. The van der Waals surface area contributed by atoms with Crippen molar-refractivity contribution in [2.24, 2.45) is 0 Å². The third-order valence-corrected chi connectivity index (χ3v) is 7.70. The molecule has 0 saturated carbocycles. The lowest BCUT2D eigenvalue weighted by Gasteiger charge is -2.35. The molecule has 0 aliphatic carbocycles. The maximum atomic E-state index is 13.0. The van der Waals surface area contributed by atoms with Gasteiger partial charge < -0.3 is 39.4 Å². The van der Waals surface area contributed by atoms with Gasteiger partial charge in [-0.3, -0.25) is 0 Å². The lowest BCUT2D eigenvalue weighted by atomic mass is 10.0. The van der Waals surface area contributed by atoms with E-state index in [0.29, 0.717) is 63.5 Å². The molecule has 2 aromatic carbocycles. The quantitative estimate of drug-likeness (QED) is 0.289. The van der Waals surface area contributed by atoms with Gasteiger partial charge in [-0.25, -0.2) is 14.8 Å². The van der Waals surface area contributed by atoms with E-state index in [1.54, 1.807) is 13.4 Å². The van der Waals surface area contributed by atoms with Gasteiger partial charge in [-0.15, -0.1) is 0 Å². The SMILES string of the molecule is COCCOc1cc2c(N3CCN(C(=O)Nc4ccc(OC(C)C)cc4)CC3)ncnc2cc1OCCC1CCCCN1. The Morgan fingerprint density at radius 3 is 2.49 bits per heavy atom. The van der Waals surface area contributed by atoms with Gasteiger partial charge in [0, 0.05) is 56.5 Å². The summed E-state index contributed by atoms with van der Waals surface area (Å²) in [5, 5.41) is 7.46. The summed E-state index contributed by atoms with van der Waals surface area (Å²) in [6.45, 7) is 8.96. The second-order valence-electron chi connectivity index (χ2n) is 11.2. The van der Waals surface area contributed by atoms with Crippen LogP contribution in [0.5, 0.6) is 17.2 Å². The van der Waals surface area contributed by atoms with Crippen molar-refractivity contribution in [2.75, 3.05) is 69.9 Å². The maximum absolute atomic E-state index is 13.0. The molecule has 43 heavy (non-hydrogen) atoms. The van der Waals surface area contributed by atoms with Gasteiger partial charge in [0.25, 0.3) is 0 Å². The molecule has 2 aliphatic heterocycles. The normalized spacial score (nSPS) is 17.3. The fraction of sp³-hybridized carbons (Fsp3) is 0.531. The number of methoxy groups -OCH3 is 1. The van der Waals surface area contributed by atoms with E-state index in [1.807, 2.05) is 55.1 Å². The molecular weight excluding hydrogens is 548 g/mol. The first kappa shape index (κ1) is 30.6. The average Bonchev–Trinajstić information content (AvgIpc) is 3.02. The Morgan fingerprint density at radius 2 is 1.77 bits per heavy atom. The number of hydrogen-bond donors (Lipinski definition) is 2. The molecule has 5 rings (SSSR count). The van der Waals surface area contributed by atoms with Crippen molar-refractivity contribution in [1.82, 2.24) is 20.2 Å². The summed E-state index contributed by atoms with van der Waals surface area (Å²) < 4.78 is 23.2. The fourth-order valence-electron chi connectivity index (χ4n) is 5.46. The molecular formula is C32H44N6O5. The Hall–Kier alpha value is -3.83. The minimum absolute atomic E-state index is 0.0997. The van der Waals surface area contributed by atoms with Crippen LogP contribution < -0.4 is 29.7 Å². The predicted molar refractivity (Wildman–Crippen MR) is 168 cm³/mol. The fourth-order valence-corrected chi connectivity index (χ4v) is 5.46. The van der Waals surface area contributed by atoms with Crippen LogP contribution in [0.25, 0.3) is 10.9 Å². The number of carbonyl (C=O) groups is 1. The summed E-state index contributed by atoms with van der Waals surface area (Å²) in [5.41, 5.74) is 1.53. The number of piperazine rings is 1. The van der Waals surface area contributed by atoms with E-state index >= 15 is 0 Å². The van der Waals surface area contributed by atoms with Crippen LogP contribution in [0.4, 0.5) is 16.3 Å². The Bertz CT molecular complexity index is 1320. The standard InChI is InChI=1S/C32H44N6O5/c1-23(2)43-26-9-7-25(8-10-26)36-32(39)38-15-13-37(14-16-38)31-27-20-29(42-19-18-40-3)30(21-28(27)34-22-35-31)41-17-11-24-6-4-5-12-33-24/h7-10,20-24,33H,4-6,11-19H2,1-3H3,(H,36,39). The van der Waals surface area contributed by atoms with Gasteiger partial charge in [0.15, 0.2) is 11.5 Å². The highest BCUT2D eigenvalue weighted by Crippen LogP contribution is 2.36. The summed E-state index contributed by atoms with van der Waals surface area (Å²) >= 11 is 0. The van der Waals surface area contributed by atoms with Crippen molar-refractivity contribution >= 4 is 28.4 Å². The minimum atomic E-state index is -0.122. The maximum Gasteiger partial charge on any atom is 0.321 e. The second kappa shape index (κ2) is 15.1. The van der Waals surface area contributed by atoms with Crippen LogP contribution in [0.15, 0.2) is 42.7 Å². The number of urea groups is 1. The molecule has 3 heterocycles. The number of amides is 2. The minimum Gasteiger partial charge on any atom is -0.491 e. The molecule has 2 N–H and O–H groups in total. The number of ether oxygens (including phenoxy) is 4. The highest BCUT2D eigenvalue weighted by molar-refractivity contribution is 5.92. The monoisotopic (exact) mass is 592 g/mol. The zero-order chi connectivity index (χ0) is 30.0. The lowest BCUT2D eigenvalue weighted by Crippen LogP contribution is -2.50. The van der Waals surface area contributed by atoms with Crippen LogP contribution in [0.1, 0.15) is 39.5 Å². The summed E-state index contributed by atoms with van der Waals surface area (Å²) in [4.78, 5) is 26.2. The van der Waals surface area contributed by atoms with E-state index in [2.05, 4.69) is 25.5 Å². The first-order chi connectivity index (χ1) is 21.0. The van der Waals surface area contributed by atoms with Crippen molar-refractivity contribution in [1.29, 1.82) is 0 Å². The van der Waals surface area contributed by atoms with Crippen LogP contribution in [0, 0.1) is 0 Å². The summed E-state index contributed by atoms with van der Waals surface area (Å²) in [7, 11) is 1.66. The van der Waals surface area contributed by atoms with Gasteiger partial charge >= 0.3 is 6.03 Å². The zero-order valence-electron chi connectivity index (χ0n) is 25.5. The number of fused-ring (bicyclic) bond motifs is 1. The molecule has 2 saturated heterocycles. The number of aromatic nitrogens is 2. The number of hydrogen-bond acceptors (Lipinski definition) is 9. The van der Waals surface area contributed by atoms with Crippen molar-refractivity contribution in [3.63, 3.8) is 0 Å². The number of rotatable bonds is 12. The number of benzene rings is 2. The van der Waals surface area contributed by atoms with Gasteiger partial charge in [-0.05, 0) is 70.0 Å². The average molecular weight is 593 g/mol. The molecule has 232 valence electrons. The number of carbonyl (C=O) groups excluding carboxylic acids is 1. The van der Waals surface area contributed by atoms with Gasteiger partial charge in [-0.2, -0.15) is 0 Å². The molecule has 1 atom stereocenters. The Labute approximate surface area is 253 Å². The van der Waals surface area contributed by atoms with Crippen molar-refractivity contribution in [2.45, 2.75) is 51.7 Å². The molecule has 1 aromatic heterocycles. The Balaban J connectivity index is 1.23. The number of piperidine rings is 1. The van der Waals surface area contributed by atoms with E-state index < -0.39 is 0 Å². The molecule has 1 unspecified atom stereocenters. The molecule has 2 amide bonds. The number of nitrogens with one attached hydrogen (secondary N) is 2. The van der Waals surface area contributed by atoms with E-state index in [0.717, 1.165) is 41.1 Å². The van der Waals surface area contributed by atoms with Crippen LogP contribution in [-0.4, -0.2) is 92.7 Å². The van der Waals surface area contributed by atoms with Crippen LogP contribution in [-0.2, 0) is 4.74 Å². The number of nitrogens with zero attached hydrogens (tertiary/aromatic N) is 4. The smallest absolute Gasteiger partial charge is 0.321 e. The Morgan fingerprint density at radius 1 is 1.00 bits per heavy atom. The molecule has 0 radical (unpaired) electrons. The largest absolute Gasteiger partial charge is 0.491 e. The molecule has 3 aromatic rings.